The molecule has 0 radical (unpaired) electrons. The fraction of sp³-hybridized carbons (Fsp3) is 0.333. The number of hydrogen-bond donors (Lipinski definition) is 2. The molecule has 1 saturated heterocycles. The number of carbonyl (C=O) groups excluding carboxylic acids is 2. The van der Waals surface area contributed by atoms with Crippen molar-refractivity contribution in [3.8, 4) is 0 Å². The molecule has 1 heterocycles. The van der Waals surface area contributed by atoms with Crippen molar-refractivity contribution in [2.75, 3.05) is 70.1 Å². The third-order valence-electron chi connectivity index (χ3n) is 6.78. The number of benzene rings is 3. The molecule has 7 nitrogen and oxygen atoms in total. The molecule has 2 N–H and O–H groups in total. The van der Waals surface area contributed by atoms with Crippen molar-refractivity contribution in [2.45, 2.75) is 6.42 Å². The Bertz CT molecular complexity index is 1280. The molecule has 9 heteroatoms. The maximum absolute atomic E-state index is 13.2. The molecule has 39 heavy (non-hydrogen) atoms. The number of rotatable bonds is 10. The second-order valence-corrected chi connectivity index (χ2v) is 10.4. The number of piperazine rings is 1. The Labute approximate surface area is 234 Å². The minimum absolute atomic E-state index is 0.240. The van der Waals surface area contributed by atoms with E-state index in [1.54, 1.807) is 48.5 Å². The monoisotopic (exact) mass is 551 g/mol. The van der Waals surface area contributed by atoms with Gasteiger partial charge in [0.15, 0.2) is 0 Å². The number of likely N-dealkylation sites (N-methyl/N-ethyl adjacent to an activating group) is 1. The molecule has 1 aliphatic heterocycles. The zero-order valence-electron chi connectivity index (χ0n) is 22.4. The largest absolute Gasteiger partial charge is 0.367 e. The molecule has 1 aliphatic rings. The fourth-order valence-electron chi connectivity index (χ4n) is 4.50. The van der Waals surface area contributed by atoms with Crippen LogP contribution >= 0.6 is 11.6 Å². The summed E-state index contributed by atoms with van der Waals surface area (Å²) in [5.41, 5.74) is 3.28. The first-order chi connectivity index (χ1) is 18.8. The van der Waals surface area contributed by atoms with Crippen LogP contribution in [0, 0.1) is 5.82 Å². The van der Waals surface area contributed by atoms with Gasteiger partial charge in [0.05, 0.1) is 11.4 Å². The van der Waals surface area contributed by atoms with Gasteiger partial charge in [-0.15, -0.1) is 0 Å². The highest BCUT2D eigenvalue weighted by Gasteiger charge is 2.21. The molecule has 4 rings (SSSR count). The van der Waals surface area contributed by atoms with Crippen molar-refractivity contribution >= 4 is 34.8 Å². The van der Waals surface area contributed by atoms with Crippen molar-refractivity contribution in [1.29, 1.82) is 0 Å². The van der Waals surface area contributed by atoms with E-state index in [2.05, 4.69) is 39.4 Å². The van der Waals surface area contributed by atoms with E-state index in [1.807, 2.05) is 6.07 Å². The van der Waals surface area contributed by atoms with Crippen LogP contribution in [0.2, 0.25) is 5.02 Å². The van der Waals surface area contributed by atoms with Crippen LogP contribution in [0.25, 0.3) is 0 Å². The van der Waals surface area contributed by atoms with E-state index in [9.17, 15) is 14.0 Å². The predicted octanol–water partition coefficient (Wildman–Crippen LogP) is 4.39. The molecule has 3 aromatic carbocycles. The number of amides is 2. The molecule has 0 atom stereocenters. The summed E-state index contributed by atoms with van der Waals surface area (Å²) in [6.45, 7) is 5.89. The standard InChI is InChI=1S/C30H35ClFN5O2/c1-35(2)14-15-36-16-18-37(19-17-36)28-11-8-24(29(38)33-13-12-22-6-9-26(32)10-7-22)21-27(28)34-30(39)23-4-3-5-25(31)20-23/h3-11,20-21H,12-19H2,1-2H3,(H,33,38)(H,34,39). The first-order valence-corrected chi connectivity index (χ1v) is 13.5. The topological polar surface area (TPSA) is 67.9 Å². The smallest absolute Gasteiger partial charge is 0.255 e. The lowest BCUT2D eigenvalue weighted by atomic mass is 10.1. The van der Waals surface area contributed by atoms with Gasteiger partial charge < -0.3 is 20.4 Å². The maximum Gasteiger partial charge on any atom is 0.255 e. The van der Waals surface area contributed by atoms with Crippen LogP contribution in [-0.4, -0.2) is 81.5 Å². The van der Waals surface area contributed by atoms with Crippen LogP contribution in [0.4, 0.5) is 15.8 Å². The van der Waals surface area contributed by atoms with Gasteiger partial charge in [-0.25, -0.2) is 4.39 Å². The third-order valence-corrected chi connectivity index (χ3v) is 7.02. The van der Waals surface area contributed by atoms with Gasteiger partial charge in [0, 0.05) is 62.0 Å². The van der Waals surface area contributed by atoms with E-state index in [1.165, 1.54) is 12.1 Å². The molecular formula is C30H35ClFN5O2. The van der Waals surface area contributed by atoms with Gasteiger partial charge in [-0.3, -0.25) is 14.5 Å². The van der Waals surface area contributed by atoms with Gasteiger partial charge in [-0.2, -0.15) is 0 Å². The molecule has 206 valence electrons. The first-order valence-electron chi connectivity index (χ1n) is 13.1. The molecular weight excluding hydrogens is 517 g/mol. The fourth-order valence-corrected chi connectivity index (χ4v) is 4.69. The summed E-state index contributed by atoms with van der Waals surface area (Å²) in [4.78, 5) is 32.9. The molecule has 1 fully saturated rings. The minimum atomic E-state index is -0.294. The molecule has 3 aromatic rings. The molecule has 0 spiro atoms. The summed E-state index contributed by atoms with van der Waals surface area (Å²) >= 11 is 6.10. The Morgan fingerprint density at radius 1 is 0.923 bits per heavy atom. The number of hydrogen-bond acceptors (Lipinski definition) is 5. The summed E-state index contributed by atoms with van der Waals surface area (Å²) in [5.74, 6) is -0.821. The number of nitrogens with one attached hydrogen (secondary N) is 2. The summed E-state index contributed by atoms with van der Waals surface area (Å²) in [6.07, 6.45) is 0.584. The lowest BCUT2D eigenvalue weighted by Gasteiger charge is -2.37. The molecule has 0 aromatic heterocycles. The van der Waals surface area contributed by atoms with Crippen LogP contribution in [0.1, 0.15) is 26.3 Å². The van der Waals surface area contributed by atoms with Crippen molar-refractivity contribution < 1.29 is 14.0 Å². The highest BCUT2D eigenvalue weighted by atomic mass is 35.5. The van der Waals surface area contributed by atoms with Crippen molar-refractivity contribution in [3.05, 3.63) is 94.3 Å². The van der Waals surface area contributed by atoms with Crippen LogP contribution in [0.15, 0.2) is 66.7 Å². The van der Waals surface area contributed by atoms with E-state index in [4.69, 9.17) is 11.6 Å². The summed E-state index contributed by atoms with van der Waals surface area (Å²) in [6, 6.07) is 18.4. The molecule has 2 amide bonds. The quantitative estimate of drug-likeness (QED) is 0.391. The van der Waals surface area contributed by atoms with Gasteiger partial charge in [0.25, 0.3) is 11.8 Å². The number of carbonyl (C=O) groups is 2. The normalized spacial score (nSPS) is 13.9. The second-order valence-electron chi connectivity index (χ2n) is 9.96. The lowest BCUT2D eigenvalue weighted by molar-refractivity contribution is 0.0952. The zero-order valence-corrected chi connectivity index (χ0v) is 23.2. The predicted molar refractivity (Wildman–Crippen MR) is 155 cm³/mol. The molecule has 0 bridgehead atoms. The average molecular weight is 552 g/mol. The Morgan fingerprint density at radius 2 is 1.64 bits per heavy atom. The maximum atomic E-state index is 13.2. The Morgan fingerprint density at radius 3 is 2.33 bits per heavy atom. The number of anilines is 2. The summed E-state index contributed by atoms with van der Waals surface area (Å²) in [5, 5.41) is 6.41. The van der Waals surface area contributed by atoms with E-state index in [-0.39, 0.29) is 17.6 Å². The minimum Gasteiger partial charge on any atom is -0.367 e. The van der Waals surface area contributed by atoms with Crippen molar-refractivity contribution in [3.63, 3.8) is 0 Å². The van der Waals surface area contributed by atoms with E-state index >= 15 is 0 Å². The first kappa shape index (κ1) is 28.5. The van der Waals surface area contributed by atoms with Crippen LogP contribution in [-0.2, 0) is 6.42 Å². The average Bonchev–Trinajstić information content (AvgIpc) is 2.93. The Hall–Kier alpha value is -3.46. The zero-order chi connectivity index (χ0) is 27.8. The highest BCUT2D eigenvalue weighted by Crippen LogP contribution is 2.29. The Kier molecular flexibility index (Phi) is 9.92. The highest BCUT2D eigenvalue weighted by molar-refractivity contribution is 6.31. The molecule has 0 saturated carbocycles. The van der Waals surface area contributed by atoms with E-state index in [0.717, 1.165) is 50.5 Å². The third kappa shape index (κ3) is 8.26. The van der Waals surface area contributed by atoms with Crippen molar-refractivity contribution in [2.24, 2.45) is 0 Å². The Balaban J connectivity index is 1.48. The number of nitrogens with zero attached hydrogens (tertiary/aromatic N) is 3. The lowest BCUT2D eigenvalue weighted by Crippen LogP contribution is -2.48. The summed E-state index contributed by atoms with van der Waals surface area (Å²) < 4.78 is 13.2. The van der Waals surface area contributed by atoms with Gasteiger partial charge >= 0.3 is 0 Å². The number of halogens is 2. The summed E-state index contributed by atoms with van der Waals surface area (Å²) in [7, 11) is 4.15. The van der Waals surface area contributed by atoms with Crippen LogP contribution < -0.4 is 15.5 Å². The van der Waals surface area contributed by atoms with Gasteiger partial charge in [-0.1, -0.05) is 29.8 Å². The second kappa shape index (κ2) is 13.6. The SMILES string of the molecule is CN(C)CCN1CCN(c2ccc(C(=O)NCCc3ccc(F)cc3)cc2NC(=O)c2cccc(Cl)c2)CC1. The van der Waals surface area contributed by atoms with Gasteiger partial charge in [0.2, 0.25) is 0 Å². The van der Waals surface area contributed by atoms with E-state index < -0.39 is 0 Å². The molecule has 0 aliphatic carbocycles. The van der Waals surface area contributed by atoms with Crippen LogP contribution in [0.3, 0.4) is 0 Å². The van der Waals surface area contributed by atoms with Gasteiger partial charge in [0.1, 0.15) is 5.82 Å². The van der Waals surface area contributed by atoms with Crippen molar-refractivity contribution in [1.82, 2.24) is 15.1 Å². The van der Waals surface area contributed by atoms with Gasteiger partial charge in [-0.05, 0) is 74.6 Å². The molecule has 0 unspecified atom stereocenters. The van der Waals surface area contributed by atoms with Crippen LogP contribution in [0.5, 0.6) is 0 Å². The van der Waals surface area contributed by atoms with E-state index in [0.29, 0.717) is 34.8 Å².